The second-order valence-corrected chi connectivity index (χ2v) is 8.63. The van der Waals surface area contributed by atoms with Gasteiger partial charge in [0, 0.05) is 31.7 Å². The number of esters is 1. The molecule has 2 N–H and O–H groups in total. The number of carbonyl (C=O) groups excluding carboxylic acids is 2. The number of piperidine rings is 1. The monoisotopic (exact) mass is 498 g/mol. The molecule has 0 bridgehead atoms. The van der Waals surface area contributed by atoms with Crippen LogP contribution in [0.3, 0.4) is 0 Å². The van der Waals surface area contributed by atoms with Gasteiger partial charge in [0.1, 0.15) is 5.54 Å². The van der Waals surface area contributed by atoms with Crippen LogP contribution in [-0.4, -0.2) is 71.2 Å². The van der Waals surface area contributed by atoms with Gasteiger partial charge in [0.25, 0.3) is 0 Å². The number of hydrogen-bond donors (Lipinski definition) is 2. The van der Waals surface area contributed by atoms with Gasteiger partial charge in [-0.25, -0.2) is 14.4 Å². The van der Waals surface area contributed by atoms with Gasteiger partial charge in [-0.1, -0.05) is 55.0 Å². The van der Waals surface area contributed by atoms with Crippen molar-refractivity contribution < 1.29 is 34.1 Å². The summed E-state index contributed by atoms with van der Waals surface area (Å²) in [6.45, 7) is 6.38. The van der Waals surface area contributed by atoms with E-state index < -0.39 is 17.5 Å². The topological polar surface area (TPSA) is 124 Å². The van der Waals surface area contributed by atoms with Crippen molar-refractivity contribution in [1.82, 2.24) is 4.90 Å². The second kappa shape index (κ2) is 13.4. The molecule has 9 nitrogen and oxygen atoms in total. The Morgan fingerprint density at radius 2 is 1.58 bits per heavy atom. The number of rotatable bonds is 7. The number of hydrogen-bond acceptors (Lipinski definition) is 6. The number of carboxylic acids is 2. The van der Waals surface area contributed by atoms with Gasteiger partial charge in [0.2, 0.25) is 5.91 Å². The van der Waals surface area contributed by atoms with E-state index in [4.69, 9.17) is 24.5 Å². The predicted octanol–water partition coefficient (Wildman–Crippen LogP) is 3.14. The Kier molecular flexibility index (Phi) is 10.6. The van der Waals surface area contributed by atoms with Crippen LogP contribution in [0.15, 0.2) is 54.6 Å². The van der Waals surface area contributed by atoms with Gasteiger partial charge < -0.3 is 19.8 Å². The Labute approximate surface area is 211 Å². The molecule has 0 aliphatic carbocycles. The van der Waals surface area contributed by atoms with Gasteiger partial charge in [-0.3, -0.25) is 9.69 Å². The van der Waals surface area contributed by atoms with Crippen molar-refractivity contribution in [3.8, 4) is 0 Å². The minimum Gasteiger partial charge on any atom is -0.473 e. The zero-order chi connectivity index (χ0) is 26.7. The summed E-state index contributed by atoms with van der Waals surface area (Å²) < 4.78 is 5.22. The molecule has 0 saturated carbocycles. The van der Waals surface area contributed by atoms with Crippen LogP contribution in [0.1, 0.15) is 37.3 Å². The summed E-state index contributed by atoms with van der Waals surface area (Å²) in [5.41, 5.74) is 2.39. The van der Waals surface area contributed by atoms with Crippen molar-refractivity contribution in [3.63, 3.8) is 0 Å². The smallest absolute Gasteiger partial charge is 0.414 e. The zero-order valence-electron chi connectivity index (χ0n) is 21.0. The summed E-state index contributed by atoms with van der Waals surface area (Å²) in [5.74, 6) is -4.03. The number of aryl methyl sites for hydroxylation is 1. The molecule has 1 aliphatic rings. The minimum absolute atomic E-state index is 0.0557. The average molecular weight is 499 g/mol. The number of ether oxygens (including phenoxy) is 1. The summed E-state index contributed by atoms with van der Waals surface area (Å²) in [7, 11) is 1.41. The van der Waals surface area contributed by atoms with E-state index in [9.17, 15) is 9.59 Å². The number of aliphatic carboxylic acids is 2. The predicted molar refractivity (Wildman–Crippen MR) is 135 cm³/mol. The number of anilines is 1. The molecule has 2 aromatic rings. The molecule has 0 aromatic heterocycles. The van der Waals surface area contributed by atoms with E-state index in [1.54, 1.807) is 4.90 Å². The number of para-hydroxylation sites is 1. The maximum Gasteiger partial charge on any atom is 0.414 e. The maximum absolute atomic E-state index is 13.0. The van der Waals surface area contributed by atoms with Gasteiger partial charge in [0.05, 0.1) is 7.11 Å². The first-order valence-electron chi connectivity index (χ1n) is 11.8. The number of likely N-dealkylation sites (tertiary alicyclic amines) is 1. The normalized spacial score (nSPS) is 14.6. The van der Waals surface area contributed by atoms with Gasteiger partial charge in [-0.15, -0.1) is 0 Å². The fourth-order valence-electron chi connectivity index (χ4n) is 4.38. The molecule has 0 atom stereocenters. The van der Waals surface area contributed by atoms with Crippen molar-refractivity contribution in [1.29, 1.82) is 0 Å². The van der Waals surface area contributed by atoms with E-state index in [0.717, 1.165) is 31.7 Å². The minimum atomic E-state index is -1.82. The van der Waals surface area contributed by atoms with Crippen molar-refractivity contribution >= 4 is 29.5 Å². The quantitative estimate of drug-likeness (QED) is 0.441. The van der Waals surface area contributed by atoms with E-state index in [1.165, 1.54) is 18.2 Å². The molecule has 0 unspecified atom stereocenters. The molecule has 9 heteroatoms. The van der Waals surface area contributed by atoms with E-state index in [1.807, 2.05) is 37.3 Å². The molecule has 1 saturated heterocycles. The van der Waals surface area contributed by atoms with Crippen LogP contribution in [0.5, 0.6) is 0 Å². The first-order chi connectivity index (χ1) is 17.1. The van der Waals surface area contributed by atoms with E-state index >= 15 is 0 Å². The first-order valence-corrected chi connectivity index (χ1v) is 11.8. The SMILES string of the molecule is CCC(=O)N(c1ccccc1)C1(C(=O)OC)CCN(CCc2cccc(C)c2)CC1.O=C(O)C(=O)O. The number of carbonyl (C=O) groups is 4. The Balaban J connectivity index is 0.000000678. The molecule has 1 heterocycles. The van der Waals surface area contributed by atoms with Crippen LogP contribution < -0.4 is 4.90 Å². The maximum atomic E-state index is 13.0. The molecular formula is C27H34N2O7. The third-order valence-electron chi connectivity index (χ3n) is 6.23. The van der Waals surface area contributed by atoms with Crippen LogP contribution in [0.25, 0.3) is 0 Å². The number of amides is 1. The molecule has 1 fully saturated rings. The first kappa shape index (κ1) is 28.5. The average Bonchev–Trinajstić information content (AvgIpc) is 2.88. The van der Waals surface area contributed by atoms with Gasteiger partial charge in [-0.2, -0.15) is 0 Å². The number of carboxylic acid groups (broad SMARTS) is 2. The highest BCUT2D eigenvalue weighted by atomic mass is 16.5. The highest BCUT2D eigenvalue weighted by Crippen LogP contribution is 2.35. The molecule has 0 radical (unpaired) electrons. The van der Waals surface area contributed by atoms with Crippen LogP contribution in [0.4, 0.5) is 5.69 Å². The fourth-order valence-corrected chi connectivity index (χ4v) is 4.38. The molecule has 36 heavy (non-hydrogen) atoms. The van der Waals surface area contributed by atoms with Crippen molar-refractivity contribution in [2.75, 3.05) is 31.6 Å². The molecule has 3 rings (SSSR count). The Hall–Kier alpha value is -3.72. The summed E-state index contributed by atoms with van der Waals surface area (Å²) in [5, 5.41) is 14.8. The molecule has 194 valence electrons. The lowest BCUT2D eigenvalue weighted by atomic mass is 9.84. The number of benzene rings is 2. The Morgan fingerprint density at radius 1 is 0.972 bits per heavy atom. The largest absolute Gasteiger partial charge is 0.473 e. The fraction of sp³-hybridized carbons (Fsp3) is 0.407. The van der Waals surface area contributed by atoms with Gasteiger partial charge in [-0.05, 0) is 43.9 Å². The lowest BCUT2D eigenvalue weighted by molar-refractivity contribution is -0.159. The van der Waals surface area contributed by atoms with Crippen molar-refractivity contribution in [2.24, 2.45) is 0 Å². The summed E-state index contributed by atoms with van der Waals surface area (Å²) in [4.78, 5) is 48.2. The molecule has 1 aliphatic heterocycles. The molecule has 2 aromatic carbocycles. The summed E-state index contributed by atoms with van der Waals surface area (Å²) in [6.07, 6.45) is 2.44. The molecule has 0 spiro atoms. The van der Waals surface area contributed by atoms with Crippen LogP contribution >= 0.6 is 0 Å². The van der Waals surface area contributed by atoms with Crippen LogP contribution in [0, 0.1) is 6.92 Å². The lowest BCUT2D eigenvalue weighted by Gasteiger charge is -2.46. The van der Waals surface area contributed by atoms with Crippen LogP contribution in [0.2, 0.25) is 0 Å². The molecular weight excluding hydrogens is 464 g/mol. The lowest BCUT2D eigenvalue weighted by Crippen LogP contribution is -2.62. The van der Waals surface area contributed by atoms with E-state index in [-0.39, 0.29) is 11.9 Å². The summed E-state index contributed by atoms with van der Waals surface area (Å²) in [6, 6.07) is 18.1. The summed E-state index contributed by atoms with van der Waals surface area (Å²) >= 11 is 0. The number of nitrogens with zero attached hydrogens (tertiary/aromatic N) is 2. The van der Waals surface area contributed by atoms with Crippen molar-refractivity contribution in [3.05, 3.63) is 65.7 Å². The second-order valence-electron chi connectivity index (χ2n) is 8.63. The standard InChI is InChI=1S/C25H32N2O3.C2H2O4/c1-4-23(28)27(22-11-6-5-7-12-22)25(24(29)30-3)14-17-26(18-15-25)16-13-21-10-8-9-20(2)19-21;3-1(4)2(5)6/h5-12,19H,4,13-18H2,1-3H3;(H,3,4)(H,5,6). The highest BCUT2D eigenvalue weighted by Gasteiger charge is 2.49. The third-order valence-corrected chi connectivity index (χ3v) is 6.23. The van der Waals surface area contributed by atoms with E-state index in [0.29, 0.717) is 19.3 Å². The van der Waals surface area contributed by atoms with E-state index in [2.05, 4.69) is 36.1 Å². The number of methoxy groups -OCH3 is 1. The van der Waals surface area contributed by atoms with Gasteiger partial charge in [0.15, 0.2) is 0 Å². The molecule has 1 amide bonds. The zero-order valence-corrected chi connectivity index (χ0v) is 21.0. The van der Waals surface area contributed by atoms with Crippen molar-refractivity contribution in [2.45, 2.75) is 45.1 Å². The van der Waals surface area contributed by atoms with Crippen LogP contribution in [-0.2, 0) is 30.3 Å². The van der Waals surface area contributed by atoms with Gasteiger partial charge >= 0.3 is 17.9 Å². The Morgan fingerprint density at radius 3 is 2.08 bits per heavy atom. The highest BCUT2D eigenvalue weighted by molar-refractivity contribution is 6.27. The Bertz CT molecular complexity index is 1040. The third kappa shape index (κ3) is 7.39.